The number of esters is 1. The van der Waals surface area contributed by atoms with Gasteiger partial charge in [0.25, 0.3) is 0 Å². The largest absolute Gasteiger partial charge is 0.446 e. The van der Waals surface area contributed by atoms with Crippen molar-refractivity contribution in [1.82, 2.24) is 0 Å². The van der Waals surface area contributed by atoms with Gasteiger partial charge in [0, 0.05) is 6.92 Å². The van der Waals surface area contributed by atoms with Gasteiger partial charge in [-0.2, -0.15) is 0 Å². The number of hydrogen-bond donors (Lipinski definition) is 0. The normalized spacial score (nSPS) is 12.4. The lowest BCUT2D eigenvalue weighted by Gasteiger charge is -2.08. The van der Waals surface area contributed by atoms with Crippen molar-refractivity contribution in [3.63, 3.8) is 0 Å². The summed E-state index contributed by atoms with van der Waals surface area (Å²) in [6.45, 7) is 3.64. The first-order valence-corrected chi connectivity index (χ1v) is 7.41. The molecule has 0 aliphatic carbocycles. The molecule has 3 heteroatoms. The molecule has 0 radical (unpaired) electrons. The average molecular weight is 263 g/mol. The van der Waals surface area contributed by atoms with E-state index >= 15 is 0 Å². The lowest BCUT2D eigenvalue weighted by atomic mass is 10.1. The molecule has 2 nitrogen and oxygen atoms in total. The van der Waals surface area contributed by atoms with Crippen LogP contribution in [0.3, 0.4) is 0 Å². The molecule has 0 aromatic carbocycles. The van der Waals surface area contributed by atoms with Gasteiger partial charge in [0.1, 0.15) is 0 Å². The van der Waals surface area contributed by atoms with Gasteiger partial charge >= 0.3 is 5.97 Å². The first-order chi connectivity index (χ1) is 8.16. The molecule has 0 aromatic rings. The van der Waals surface area contributed by atoms with E-state index in [-0.39, 0.29) is 5.97 Å². The van der Waals surface area contributed by atoms with Gasteiger partial charge in [-0.05, 0) is 12.8 Å². The van der Waals surface area contributed by atoms with Gasteiger partial charge in [-0.3, -0.25) is 4.79 Å². The molecule has 0 fully saturated rings. The van der Waals surface area contributed by atoms with Crippen LogP contribution >= 0.6 is 11.6 Å². The van der Waals surface area contributed by atoms with Crippen LogP contribution < -0.4 is 0 Å². The lowest BCUT2D eigenvalue weighted by molar-refractivity contribution is -0.142. The molecule has 0 aromatic heterocycles. The fourth-order valence-corrected chi connectivity index (χ4v) is 2.13. The smallest absolute Gasteiger partial charge is 0.304 e. The van der Waals surface area contributed by atoms with E-state index in [2.05, 4.69) is 6.92 Å². The minimum absolute atomic E-state index is 0.291. The SMILES string of the molecule is CCCCCCCCCCCC(Cl)OC(C)=O. The summed E-state index contributed by atoms with van der Waals surface area (Å²) in [5, 5.41) is 0. The Morgan fingerprint density at radius 2 is 1.47 bits per heavy atom. The molecule has 0 aliphatic heterocycles. The van der Waals surface area contributed by atoms with Gasteiger partial charge in [0.15, 0.2) is 5.56 Å². The first-order valence-electron chi connectivity index (χ1n) is 6.98. The molecule has 0 bridgehead atoms. The molecule has 0 aliphatic rings. The molecule has 0 spiro atoms. The average Bonchev–Trinajstić information content (AvgIpc) is 2.26. The maximum absolute atomic E-state index is 10.6. The molecule has 102 valence electrons. The number of alkyl halides is 1. The Balaban J connectivity index is 3.10. The summed E-state index contributed by atoms with van der Waals surface area (Å²) in [4.78, 5) is 10.6. The lowest BCUT2D eigenvalue weighted by Crippen LogP contribution is -2.09. The van der Waals surface area contributed by atoms with Crippen LogP contribution in [-0.2, 0) is 9.53 Å². The minimum atomic E-state index is -0.433. The second-order valence-corrected chi connectivity index (χ2v) is 5.12. The van der Waals surface area contributed by atoms with Gasteiger partial charge in [-0.15, -0.1) is 0 Å². The van der Waals surface area contributed by atoms with Crippen LogP contribution in [0.25, 0.3) is 0 Å². The monoisotopic (exact) mass is 262 g/mol. The van der Waals surface area contributed by atoms with E-state index in [0.717, 1.165) is 12.8 Å². The summed E-state index contributed by atoms with van der Waals surface area (Å²) in [6, 6.07) is 0. The minimum Gasteiger partial charge on any atom is -0.446 e. The second-order valence-electron chi connectivity index (χ2n) is 4.64. The maximum atomic E-state index is 10.6. The highest BCUT2D eigenvalue weighted by Gasteiger charge is 2.06. The van der Waals surface area contributed by atoms with Gasteiger partial charge in [-0.25, -0.2) is 0 Å². The van der Waals surface area contributed by atoms with E-state index in [1.165, 1.54) is 58.3 Å². The molecule has 0 heterocycles. The second kappa shape index (κ2) is 12.2. The molecule has 0 N–H and O–H groups in total. The molecule has 0 saturated heterocycles. The van der Waals surface area contributed by atoms with Gasteiger partial charge in [0.05, 0.1) is 0 Å². The van der Waals surface area contributed by atoms with Crippen molar-refractivity contribution >= 4 is 17.6 Å². The van der Waals surface area contributed by atoms with Crippen molar-refractivity contribution in [1.29, 1.82) is 0 Å². The maximum Gasteiger partial charge on any atom is 0.304 e. The molecule has 1 atom stereocenters. The third-order valence-corrected chi connectivity index (χ3v) is 3.14. The summed E-state index contributed by atoms with van der Waals surface area (Å²) in [5.74, 6) is -0.291. The van der Waals surface area contributed by atoms with Crippen molar-refractivity contribution in [3.8, 4) is 0 Å². The van der Waals surface area contributed by atoms with E-state index in [0.29, 0.717) is 0 Å². The van der Waals surface area contributed by atoms with Crippen LogP contribution in [0.2, 0.25) is 0 Å². The summed E-state index contributed by atoms with van der Waals surface area (Å²) in [7, 11) is 0. The Morgan fingerprint density at radius 3 is 1.94 bits per heavy atom. The van der Waals surface area contributed by atoms with Crippen molar-refractivity contribution in [3.05, 3.63) is 0 Å². The topological polar surface area (TPSA) is 26.3 Å². The zero-order valence-corrected chi connectivity index (χ0v) is 12.1. The number of halogens is 1. The highest BCUT2D eigenvalue weighted by atomic mass is 35.5. The molecule has 17 heavy (non-hydrogen) atoms. The highest BCUT2D eigenvalue weighted by Crippen LogP contribution is 2.14. The van der Waals surface area contributed by atoms with E-state index in [1.807, 2.05) is 0 Å². The van der Waals surface area contributed by atoms with Crippen LogP contribution in [0.4, 0.5) is 0 Å². The Morgan fingerprint density at radius 1 is 1.00 bits per heavy atom. The molecule has 0 amide bonds. The third kappa shape index (κ3) is 13.7. The van der Waals surface area contributed by atoms with Gasteiger partial charge < -0.3 is 4.74 Å². The standard InChI is InChI=1S/C14H27ClO2/c1-3-4-5-6-7-8-9-10-11-12-14(15)17-13(2)16/h14H,3-12H2,1-2H3. The first kappa shape index (κ1) is 16.8. The Kier molecular flexibility index (Phi) is 12.1. The van der Waals surface area contributed by atoms with E-state index in [9.17, 15) is 4.79 Å². The summed E-state index contributed by atoms with van der Waals surface area (Å²) < 4.78 is 4.85. The summed E-state index contributed by atoms with van der Waals surface area (Å²) in [5.41, 5.74) is -0.433. The van der Waals surface area contributed by atoms with E-state index in [4.69, 9.17) is 16.3 Å². The Labute approximate surface area is 111 Å². The molecular formula is C14H27ClO2. The van der Waals surface area contributed by atoms with Crippen molar-refractivity contribution in [2.24, 2.45) is 0 Å². The molecule has 0 saturated carbocycles. The van der Waals surface area contributed by atoms with Gasteiger partial charge in [-0.1, -0.05) is 69.9 Å². The highest BCUT2D eigenvalue weighted by molar-refractivity contribution is 6.20. The predicted molar refractivity (Wildman–Crippen MR) is 73.3 cm³/mol. The zero-order chi connectivity index (χ0) is 12.9. The van der Waals surface area contributed by atoms with Crippen LogP contribution in [0, 0.1) is 0 Å². The number of unbranched alkanes of at least 4 members (excludes halogenated alkanes) is 8. The Hall–Kier alpha value is -0.240. The quantitative estimate of drug-likeness (QED) is 0.296. The number of hydrogen-bond acceptors (Lipinski definition) is 2. The fraction of sp³-hybridized carbons (Fsp3) is 0.929. The van der Waals surface area contributed by atoms with Gasteiger partial charge in [0.2, 0.25) is 0 Å². The fourth-order valence-electron chi connectivity index (χ4n) is 1.85. The van der Waals surface area contributed by atoms with E-state index < -0.39 is 5.56 Å². The van der Waals surface area contributed by atoms with Crippen LogP contribution in [-0.4, -0.2) is 11.5 Å². The molecular weight excluding hydrogens is 236 g/mol. The zero-order valence-electron chi connectivity index (χ0n) is 11.3. The Bertz CT molecular complexity index is 183. The third-order valence-electron chi connectivity index (χ3n) is 2.83. The number of ether oxygens (including phenoxy) is 1. The van der Waals surface area contributed by atoms with Crippen LogP contribution in [0.1, 0.15) is 78.1 Å². The number of rotatable bonds is 11. The molecule has 1 unspecified atom stereocenters. The molecule has 0 rings (SSSR count). The van der Waals surface area contributed by atoms with E-state index in [1.54, 1.807) is 0 Å². The summed E-state index contributed by atoms with van der Waals surface area (Å²) in [6.07, 6.45) is 12.4. The van der Waals surface area contributed by atoms with Crippen LogP contribution in [0.5, 0.6) is 0 Å². The summed E-state index contributed by atoms with van der Waals surface area (Å²) >= 11 is 5.83. The number of carbonyl (C=O) groups is 1. The predicted octanol–water partition coefficient (Wildman–Crippen LogP) is 5.04. The van der Waals surface area contributed by atoms with Crippen molar-refractivity contribution in [2.45, 2.75) is 83.6 Å². The number of carbonyl (C=O) groups excluding carboxylic acids is 1. The van der Waals surface area contributed by atoms with Crippen molar-refractivity contribution in [2.75, 3.05) is 0 Å². The van der Waals surface area contributed by atoms with Crippen LogP contribution in [0.15, 0.2) is 0 Å². The van der Waals surface area contributed by atoms with Crippen molar-refractivity contribution < 1.29 is 9.53 Å².